The second kappa shape index (κ2) is 9.85. The molecule has 2 aromatic rings. The van der Waals surface area contributed by atoms with Crippen LogP contribution in [0.25, 0.3) is 0 Å². The van der Waals surface area contributed by atoms with Gasteiger partial charge in [0.2, 0.25) is 5.91 Å². The van der Waals surface area contributed by atoms with Crippen molar-refractivity contribution >= 4 is 23.4 Å². The predicted molar refractivity (Wildman–Crippen MR) is 127 cm³/mol. The third-order valence-electron chi connectivity index (χ3n) is 7.23. The number of benzene rings is 2. The minimum Gasteiger partial charge on any atom is -0.484 e. The van der Waals surface area contributed by atoms with Gasteiger partial charge in [-0.05, 0) is 50.3 Å². The van der Waals surface area contributed by atoms with Crippen LogP contribution >= 0.6 is 11.6 Å². The van der Waals surface area contributed by atoms with Gasteiger partial charge in [-0.1, -0.05) is 29.8 Å². The molecule has 0 spiro atoms. The number of ether oxygens (including phenoxy) is 2. The summed E-state index contributed by atoms with van der Waals surface area (Å²) >= 11 is 5.66. The van der Waals surface area contributed by atoms with Crippen LogP contribution < -0.4 is 25.7 Å². The number of rotatable bonds is 8. The van der Waals surface area contributed by atoms with E-state index in [1.165, 1.54) is 12.1 Å². The summed E-state index contributed by atoms with van der Waals surface area (Å²) in [5.74, 6) is -0.472. The Morgan fingerprint density at radius 3 is 2.61 bits per heavy atom. The molecule has 36 heavy (non-hydrogen) atoms. The summed E-state index contributed by atoms with van der Waals surface area (Å²) in [5.41, 5.74) is 2.21. The fourth-order valence-electron chi connectivity index (χ4n) is 5.28. The van der Waals surface area contributed by atoms with Gasteiger partial charge in [-0.3, -0.25) is 9.59 Å². The Labute approximate surface area is 212 Å². The number of aliphatic hydroxyl groups excluding tert-OH is 1. The van der Waals surface area contributed by atoms with Crippen LogP contribution in [-0.4, -0.2) is 47.3 Å². The Bertz CT molecular complexity index is 1160. The fraction of sp³-hybridized carbons (Fsp3) is 0.440. The number of fused-ring (bicyclic) bond motifs is 4. The summed E-state index contributed by atoms with van der Waals surface area (Å²) in [6.45, 7) is -0.492. The van der Waals surface area contributed by atoms with Crippen molar-refractivity contribution < 1.29 is 33.4 Å². The lowest BCUT2D eigenvalue weighted by Crippen LogP contribution is -2.70. The van der Waals surface area contributed by atoms with Crippen LogP contribution in [0.4, 0.5) is 4.39 Å². The zero-order valence-corrected chi connectivity index (χ0v) is 20.1. The third-order valence-corrected chi connectivity index (χ3v) is 7.54. The van der Waals surface area contributed by atoms with Crippen molar-refractivity contribution in [3.05, 3.63) is 58.9 Å². The lowest BCUT2D eigenvalue weighted by Gasteiger charge is -2.56. The average Bonchev–Trinajstić information content (AvgIpc) is 3.28. The molecule has 1 unspecified atom stereocenters. The molecule has 0 saturated heterocycles. The minimum atomic E-state index is -0.829. The Morgan fingerprint density at radius 1 is 1.11 bits per heavy atom. The van der Waals surface area contributed by atoms with Gasteiger partial charge in [0.25, 0.3) is 5.91 Å². The molecule has 3 fully saturated rings. The van der Waals surface area contributed by atoms with Crippen LogP contribution in [0, 0.1) is 5.82 Å². The molecule has 3 saturated carbocycles. The van der Waals surface area contributed by atoms with Gasteiger partial charge in [-0.25, -0.2) is 4.39 Å². The summed E-state index contributed by atoms with van der Waals surface area (Å²) in [5, 5.41) is 16.9. The molecule has 2 bridgehead atoms. The zero-order chi connectivity index (χ0) is 25.3. The number of aliphatic hydroxyl groups is 1. The molecule has 2 amide bonds. The van der Waals surface area contributed by atoms with Gasteiger partial charge in [0.1, 0.15) is 18.2 Å². The number of carbonyl (C=O) groups excluding carboxylic acids is 2. The van der Waals surface area contributed by atoms with E-state index in [9.17, 15) is 19.1 Å². The molecule has 0 radical (unpaired) electrons. The normalized spacial score (nSPS) is 28.2. The highest BCUT2D eigenvalue weighted by Gasteiger charge is 2.55. The van der Waals surface area contributed by atoms with E-state index >= 15 is 0 Å². The van der Waals surface area contributed by atoms with Crippen molar-refractivity contribution in [2.75, 3.05) is 13.2 Å². The first kappa shape index (κ1) is 24.8. The summed E-state index contributed by atoms with van der Waals surface area (Å²) < 4.78 is 24.6. The van der Waals surface area contributed by atoms with Crippen LogP contribution in [0.2, 0.25) is 5.02 Å². The van der Waals surface area contributed by atoms with Crippen LogP contribution in [0.1, 0.15) is 43.9 Å². The summed E-state index contributed by atoms with van der Waals surface area (Å²) in [6.07, 6.45) is 1.14. The Morgan fingerprint density at radius 2 is 1.86 bits per heavy atom. The van der Waals surface area contributed by atoms with E-state index in [0.29, 0.717) is 37.9 Å². The summed E-state index contributed by atoms with van der Waals surface area (Å²) in [6, 6.07) is 11.3. The van der Waals surface area contributed by atoms with E-state index in [2.05, 4.69) is 16.1 Å². The Balaban J connectivity index is 1.11. The average molecular weight is 520 g/mol. The van der Waals surface area contributed by atoms with Gasteiger partial charge in [-0.15, -0.1) is 5.48 Å². The molecule has 2 aromatic carbocycles. The maximum atomic E-state index is 13.6. The zero-order valence-electron chi connectivity index (χ0n) is 19.4. The number of nitrogens with one attached hydrogen (secondary N) is 3. The number of halogens is 2. The topological polar surface area (TPSA) is 118 Å². The van der Waals surface area contributed by atoms with Gasteiger partial charge < -0.3 is 30.1 Å². The quantitative estimate of drug-likeness (QED) is 0.423. The van der Waals surface area contributed by atoms with Crippen LogP contribution in [0.3, 0.4) is 0 Å². The second-order valence-electron chi connectivity index (χ2n) is 9.57. The van der Waals surface area contributed by atoms with Crippen molar-refractivity contribution in [3.8, 4) is 11.5 Å². The molecule has 4 N–H and O–H groups in total. The Kier molecular flexibility index (Phi) is 6.78. The van der Waals surface area contributed by atoms with Crippen molar-refractivity contribution in [2.45, 2.75) is 55.5 Å². The smallest absolute Gasteiger partial charge is 0.258 e. The number of hydrogen-bond donors (Lipinski definition) is 4. The van der Waals surface area contributed by atoms with Gasteiger partial charge in [0.15, 0.2) is 18.6 Å². The lowest BCUT2D eigenvalue weighted by molar-refractivity contribution is -0.141. The number of amides is 2. The standard InChI is InChI=1S/C25H27ClFN3O6/c26-17-6-5-15(11-18(17)27)34-13-21(32)28-24-7-9-25(10-8-24,20(31)12-24)29-22(33)14-35-23-16-3-1-2-4-19(16)36-30-23/h1-6,11,20,23,30-31H,7-10,12-14H2,(H,28,32)(H,29,33)/t20-,23?,24?,25?/m0/s1. The second-order valence-corrected chi connectivity index (χ2v) is 9.97. The predicted octanol–water partition coefficient (Wildman–Crippen LogP) is 2.52. The fourth-order valence-corrected chi connectivity index (χ4v) is 5.39. The maximum absolute atomic E-state index is 13.6. The van der Waals surface area contributed by atoms with E-state index in [1.807, 2.05) is 18.2 Å². The van der Waals surface area contributed by atoms with E-state index in [-0.39, 0.29) is 35.8 Å². The SMILES string of the molecule is O=C(COc1ccc(Cl)c(F)c1)NC12CCC(NC(=O)COC3NOc4ccccc43)(CC1)[C@@H](O)C2. The lowest BCUT2D eigenvalue weighted by atomic mass is 9.60. The summed E-state index contributed by atoms with van der Waals surface area (Å²) in [4.78, 5) is 30.6. The first-order valence-electron chi connectivity index (χ1n) is 11.8. The molecule has 6 rings (SSSR count). The monoisotopic (exact) mass is 519 g/mol. The van der Waals surface area contributed by atoms with Crippen LogP contribution in [0.15, 0.2) is 42.5 Å². The van der Waals surface area contributed by atoms with Crippen molar-refractivity contribution in [2.24, 2.45) is 0 Å². The molecule has 2 atom stereocenters. The van der Waals surface area contributed by atoms with Crippen LogP contribution in [0.5, 0.6) is 11.5 Å². The number of para-hydroxylation sites is 1. The molecule has 192 valence electrons. The van der Waals surface area contributed by atoms with E-state index < -0.39 is 29.2 Å². The number of hydroxylamine groups is 1. The Hall–Kier alpha value is -2.92. The van der Waals surface area contributed by atoms with E-state index in [0.717, 1.165) is 11.6 Å². The highest BCUT2D eigenvalue weighted by Crippen LogP contribution is 2.47. The first-order chi connectivity index (χ1) is 17.3. The van der Waals surface area contributed by atoms with E-state index in [4.69, 9.17) is 25.9 Å². The van der Waals surface area contributed by atoms with Crippen LogP contribution in [-0.2, 0) is 14.3 Å². The third kappa shape index (κ3) is 4.99. The molecule has 3 aliphatic carbocycles. The molecular weight excluding hydrogens is 493 g/mol. The minimum absolute atomic E-state index is 0.0271. The molecule has 4 aliphatic rings. The molecular formula is C25H27ClFN3O6. The van der Waals surface area contributed by atoms with Gasteiger partial charge in [0.05, 0.1) is 16.7 Å². The number of hydrogen-bond acceptors (Lipinski definition) is 7. The molecule has 1 heterocycles. The maximum Gasteiger partial charge on any atom is 0.258 e. The van der Waals surface area contributed by atoms with E-state index in [1.54, 1.807) is 6.07 Å². The van der Waals surface area contributed by atoms with Crippen molar-refractivity contribution in [3.63, 3.8) is 0 Å². The van der Waals surface area contributed by atoms with Gasteiger partial charge in [0, 0.05) is 17.2 Å². The first-order valence-corrected chi connectivity index (χ1v) is 12.2. The van der Waals surface area contributed by atoms with Crippen molar-refractivity contribution in [1.82, 2.24) is 16.1 Å². The molecule has 1 aliphatic heterocycles. The highest BCUT2D eigenvalue weighted by molar-refractivity contribution is 6.30. The van der Waals surface area contributed by atoms with Crippen molar-refractivity contribution in [1.29, 1.82) is 0 Å². The highest BCUT2D eigenvalue weighted by atomic mass is 35.5. The molecule has 9 nitrogen and oxygen atoms in total. The number of carbonyl (C=O) groups is 2. The largest absolute Gasteiger partial charge is 0.484 e. The van der Waals surface area contributed by atoms with Gasteiger partial charge >= 0.3 is 0 Å². The molecule has 11 heteroatoms. The molecule has 0 aromatic heterocycles. The van der Waals surface area contributed by atoms with Gasteiger partial charge in [-0.2, -0.15) is 0 Å². The summed E-state index contributed by atoms with van der Waals surface area (Å²) in [7, 11) is 0.